The van der Waals surface area contributed by atoms with E-state index in [-0.39, 0.29) is 37.6 Å². The molecule has 0 saturated carbocycles. The van der Waals surface area contributed by atoms with Crippen LogP contribution in [0, 0.1) is 5.82 Å². The van der Waals surface area contributed by atoms with Gasteiger partial charge in [0.25, 0.3) is 0 Å². The van der Waals surface area contributed by atoms with Gasteiger partial charge in [-0.1, -0.05) is 35.9 Å². The first-order valence-corrected chi connectivity index (χ1v) is 15.2. The van der Waals surface area contributed by atoms with Crippen molar-refractivity contribution in [2.24, 2.45) is 7.05 Å². The van der Waals surface area contributed by atoms with Gasteiger partial charge >= 0.3 is 12.0 Å². The lowest BCUT2D eigenvalue weighted by Gasteiger charge is -2.33. The Morgan fingerprint density at radius 3 is 2.63 bits per heavy atom. The van der Waals surface area contributed by atoms with Gasteiger partial charge in [0.2, 0.25) is 5.91 Å². The van der Waals surface area contributed by atoms with Crippen molar-refractivity contribution in [3.63, 3.8) is 0 Å². The SMILES string of the molecule is CCOC(=O)[C@]1(C)c2nc(-c3ncc(N4CCC(=O)NC4=O)n3C)ccc2CN1Cc1ccc(OCc2c(F)cccc2Cl)cc1. The lowest BCUT2D eigenvalue weighted by atomic mass is 9.96. The number of carbonyl (C=O) groups excluding carboxylic acids is 3. The zero-order valence-corrected chi connectivity index (χ0v) is 26.3. The number of ether oxygens (including phenoxy) is 2. The molecule has 2 aliphatic heterocycles. The summed E-state index contributed by atoms with van der Waals surface area (Å²) in [5, 5.41) is 2.63. The zero-order chi connectivity index (χ0) is 32.6. The second-order valence-corrected chi connectivity index (χ2v) is 11.6. The third-order valence-corrected chi connectivity index (χ3v) is 8.73. The van der Waals surface area contributed by atoms with Gasteiger partial charge in [-0.15, -0.1) is 0 Å². The number of fused-ring (bicyclic) bond motifs is 1. The highest BCUT2D eigenvalue weighted by Crippen LogP contribution is 2.41. The fraction of sp³-hybridized carbons (Fsp3) is 0.303. The van der Waals surface area contributed by atoms with E-state index < -0.39 is 23.4 Å². The third-order valence-electron chi connectivity index (χ3n) is 8.37. The fourth-order valence-corrected chi connectivity index (χ4v) is 6.01. The Morgan fingerprint density at radius 1 is 1.13 bits per heavy atom. The Hall–Kier alpha value is -4.81. The number of pyridine rings is 1. The summed E-state index contributed by atoms with van der Waals surface area (Å²) in [6, 6.07) is 15.1. The molecule has 0 radical (unpaired) electrons. The number of hydrogen-bond acceptors (Lipinski definition) is 8. The minimum absolute atomic E-state index is 0.0103. The number of carbonyl (C=O) groups is 3. The Kier molecular flexibility index (Phi) is 8.49. The van der Waals surface area contributed by atoms with E-state index in [1.807, 2.05) is 36.1 Å². The molecular formula is C33H32ClFN6O5. The number of halogens is 2. The number of imidazole rings is 1. The van der Waals surface area contributed by atoms with Crippen molar-refractivity contribution in [3.05, 3.63) is 94.0 Å². The van der Waals surface area contributed by atoms with Crippen LogP contribution in [0.5, 0.6) is 5.75 Å². The topological polar surface area (TPSA) is 119 Å². The van der Waals surface area contributed by atoms with Crippen molar-refractivity contribution in [1.82, 2.24) is 24.8 Å². The van der Waals surface area contributed by atoms with Crippen molar-refractivity contribution >= 4 is 35.3 Å². The zero-order valence-electron chi connectivity index (χ0n) is 25.5. The first-order chi connectivity index (χ1) is 22.1. The maximum atomic E-state index is 14.2. The molecule has 3 amide bonds. The first kappa shape index (κ1) is 31.2. The van der Waals surface area contributed by atoms with Gasteiger partial charge in [-0.3, -0.25) is 19.9 Å². The van der Waals surface area contributed by atoms with E-state index in [0.717, 1.165) is 11.1 Å². The summed E-state index contributed by atoms with van der Waals surface area (Å²) in [5.41, 5.74) is 1.98. The van der Waals surface area contributed by atoms with E-state index in [0.29, 0.717) is 46.9 Å². The lowest BCUT2D eigenvalue weighted by molar-refractivity contribution is -0.157. The first-order valence-electron chi connectivity index (χ1n) is 14.8. The molecule has 6 rings (SSSR count). The molecule has 0 bridgehead atoms. The van der Waals surface area contributed by atoms with Crippen molar-refractivity contribution in [1.29, 1.82) is 0 Å². The summed E-state index contributed by atoms with van der Waals surface area (Å²) in [6.45, 7) is 4.87. The van der Waals surface area contributed by atoms with Crippen LogP contribution in [0.4, 0.5) is 15.0 Å². The van der Waals surface area contributed by atoms with Crippen molar-refractivity contribution in [3.8, 4) is 17.3 Å². The average Bonchev–Trinajstić information content (AvgIpc) is 3.54. The van der Waals surface area contributed by atoms with Gasteiger partial charge in [-0.2, -0.15) is 0 Å². The number of hydrogen-bond donors (Lipinski definition) is 1. The molecule has 0 spiro atoms. The molecule has 1 fully saturated rings. The molecule has 238 valence electrons. The van der Waals surface area contributed by atoms with Crippen LogP contribution in [0.2, 0.25) is 5.02 Å². The summed E-state index contributed by atoms with van der Waals surface area (Å²) in [6.07, 6.45) is 1.75. The van der Waals surface area contributed by atoms with Crippen molar-refractivity contribution in [2.75, 3.05) is 18.1 Å². The molecular weight excluding hydrogens is 615 g/mol. The molecule has 2 aromatic carbocycles. The number of esters is 1. The Labute approximate surface area is 269 Å². The van der Waals surface area contributed by atoms with Gasteiger partial charge in [-0.05, 0) is 55.3 Å². The Balaban J connectivity index is 1.24. The predicted molar refractivity (Wildman–Crippen MR) is 167 cm³/mol. The number of urea groups is 1. The summed E-state index contributed by atoms with van der Waals surface area (Å²) in [5.74, 6) is 0.399. The molecule has 0 unspecified atom stereocenters. The van der Waals surface area contributed by atoms with Gasteiger partial charge in [0, 0.05) is 38.7 Å². The molecule has 4 aromatic rings. The highest BCUT2D eigenvalue weighted by atomic mass is 35.5. The van der Waals surface area contributed by atoms with Gasteiger partial charge in [0.15, 0.2) is 11.4 Å². The Morgan fingerprint density at radius 2 is 1.91 bits per heavy atom. The number of imide groups is 1. The number of benzene rings is 2. The van der Waals surface area contributed by atoms with E-state index in [4.69, 9.17) is 26.1 Å². The van der Waals surface area contributed by atoms with Gasteiger partial charge in [0.1, 0.15) is 29.7 Å². The van der Waals surface area contributed by atoms with Crippen molar-refractivity contribution < 1.29 is 28.2 Å². The molecule has 13 heteroatoms. The molecule has 1 atom stereocenters. The summed E-state index contributed by atoms with van der Waals surface area (Å²) in [4.78, 5) is 50.6. The summed E-state index contributed by atoms with van der Waals surface area (Å²) in [7, 11) is 1.77. The smallest absolute Gasteiger partial charge is 0.332 e. The maximum absolute atomic E-state index is 14.2. The minimum Gasteiger partial charge on any atom is -0.489 e. The molecule has 1 N–H and O–H groups in total. The number of aromatic nitrogens is 3. The predicted octanol–water partition coefficient (Wildman–Crippen LogP) is 5.09. The van der Waals surface area contributed by atoms with Crippen LogP contribution in [0.25, 0.3) is 11.5 Å². The summed E-state index contributed by atoms with van der Waals surface area (Å²) < 4.78 is 27.2. The van der Waals surface area contributed by atoms with Crippen LogP contribution in [0.3, 0.4) is 0 Å². The second kappa shape index (κ2) is 12.5. The quantitative estimate of drug-likeness (QED) is 0.250. The Bertz CT molecular complexity index is 1810. The lowest BCUT2D eigenvalue weighted by Crippen LogP contribution is -2.50. The number of nitrogens with one attached hydrogen (secondary N) is 1. The molecule has 46 heavy (non-hydrogen) atoms. The number of amides is 3. The van der Waals surface area contributed by atoms with Gasteiger partial charge in [0.05, 0.1) is 23.5 Å². The van der Waals surface area contributed by atoms with E-state index in [1.54, 1.807) is 49.0 Å². The normalized spacial score (nSPS) is 18.0. The fourth-order valence-electron chi connectivity index (χ4n) is 5.80. The van der Waals surface area contributed by atoms with Gasteiger partial charge < -0.3 is 14.0 Å². The van der Waals surface area contributed by atoms with E-state index in [2.05, 4.69) is 10.3 Å². The largest absolute Gasteiger partial charge is 0.489 e. The van der Waals surface area contributed by atoms with E-state index in [1.165, 1.54) is 11.0 Å². The van der Waals surface area contributed by atoms with Crippen LogP contribution in [0.1, 0.15) is 42.7 Å². The molecule has 2 aromatic heterocycles. The van der Waals surface area contributed by atoms with Crippen molar-refractivity contribution in [2.45, 2.75) is 45.5 Å². The molecule has 1 saturated heterocycles. The third kappa shape index (κ3) is 5.69. The van der Waals surface area contributed by atoms with Gasteiger partial charge in [-0.25, -0.2) is 23.9 Å². The van der Waals surface area contributed by atoms with E-state index in [9.17, 15) is 18.8 Å². The van der Waals surface area contributed by atoms with Crippen LogP contribution >= 0.6 is 11.6 Å². The number of nitrogens with zero attached hydrogens (tertiary/aromatic N) is 5. The molecule has 0 aliphatic carbocycles. The van der Waals surface area contributed by atoms with Crippen LogP contribution in [-0.4, -0.2) is 50.5 Å². The maximum Gasteiger partial charge on any atom is 0.332 e. The highest BCUT2D eigenvalue weighted by Gasteiger charge is 2.50. The molecule has 4 heterocycles. The minimum atomic E-state index is -1.20. The highest BCUT2D eigenvalue weighted by molar-refractivity contribution is 6.31. The average molecular weight is 647 g/mol. The molecule has 2 aliphatic rings. The van der Waals surface area contributed by atoms with Crippen LogP contribution in [0.15, 0.2) is 60.8 Å². The monoisotopic (exact) mass is 646 g/mol. The standard InChI is InChI=1S/C33H32ClFN6O5/c1-4-45-31(43)33(2)29-21(10-13-26(37-29)30-36-16-28(39(30)3)41-15-14-27(42)38-32(41)44)18-40(33)17-20-8-11-22(12-9-20)46-19-23-24(34)6-5-7-25(23)35/h5-13,16H,4,14-15,17-19H2,1-3H3,(H,38,42,44)/t33-/m0/s1. The van der Waals surface area contributed by atoms with E-state index >= 15 is 0 Å². The molecule has 11 nitrogen and oxygen atoms in total. The van der Waals surface area contributed by atoms with Crippen LogP contribution < -0.4 is 15.0 Å². The van der Waals surface area contributed by atoms with Crippen LogP contribution in [-0.2, 0) is 46.6 Å². The second-order valence-electron chi connectivity index (χ2n) is 11.2. The summed E-state index contributed by atoms with van der Waals surface area (Å²) >= 11 is 6.12. The number of anilines is 1. The number of rotatable bonds is 9.